The highest BCUT2D eigenvalue weighted by atomic mass is 16.4. The topological polar surface area (TPSA) is 37.3 Å². The lowest BCUT2D eigenvalue weighted by Crippen LogP contribution is -2.05. The van der Waals surface area contributed by atoms with Crippen LogP contribution in [0.3, 0.4) is 0 Å². The fraction of sp³-hybridized carbons (Fsp3) is 0.667. The molecule has 1 N–H and O–H groups in total. The van der Waals surface area contributed by atoms with Crippen LogP contribution in [-0.2, 0) is 4.79 Å². The molecule has 0 aromatic rings. The van der Waals surface area contributed by atoms with Crippen molar-refractivity contribution in [3.8, 4) is 0 Å². The highest BCUT2D eigenvalue weighted by Gasteiger charge is 2.03. The molecule has 64 valence electrons. The van der Waals surface area contributed by atoms with E-state index >= 15 is 0 Å². The monoisotopic (exact) mass is 156 g/mol. The lowest BCUT2D eigenvalue weighted by Gasteiger charge is -1.96. The van der Waals surface area contributed by atoms with Crippen LogP contribution < -0.4 is 0 Å². The van der Waals surface area contributed by atoms with E-state index in [1.54, 1.807) is 13.0 Å². The molecule has 2 heteroatoms. The van der Waals surface area contributed by atoms with Gasteiger partial charge in [-0.1, -0.05) is 31.9 Å². The lowest BCUT2D eigenvalue weighted by molar-refractivity contribution is -0.139. The van der Waals surface area contributed by atoms with Gasteiger partial charge in [-0.2, -0.15) is 0 Å². The fourth-order valence-electron chi connectivity index (χ4n) is 0.705. The molecule has 0 aliphatic rings. The van der Waals surface area contributed by atoms with Crippen molar-refractivity contribution in [3.63, 3.8) is 0 Å². The molecule has 0 spiro atoms. The number of carboxylic acids is 1. The summed E-state index contributed by atoms with van der Waals surface area (Å²) >= 11 is 0. The minimum atomic E-state index is -0.752. The predicted molar refractivity (Wildman–Crippen MR) is 45.5 cm³/mol. The Morgan fingerprint density at radius 3 is 2.73 bits per heavy atom. The van der Waals surface area contributed by atoms with Crippen LogP contribution in [0.25, 0.3) is 0 Å². The molecule has 0 heterocycles. The van der Waals surface area contributed by atoms with Crippen molar-refractivity contribution in [2.45, 2.75) is 33.1 Å². The molecular formula is C9H16O2. The molecule has 0 aromatic carbocycles. The zero-order valence-corrected chi connectivity index (χ0v) is 7.21. The average molecular weight is 156 g/mol. The molecule has 0 saturated heterocycles. The van der Waals surface area contributed by atoms with E-state index in [4.69, 9.17) is 5.11 Å². The van der Waals surface area contributed by atoms with E-state index in [1.807, 2.05) is 6.08 Å². The molecule has 0 rings (SSSR count). The van der Waals surface area contributed by atoms with Gasteiger partial charge in [0.1, 0.15) is 0 Å². The van der Waals surface area contributed by atoms with Crippen molar-refractivity contribution in [2.75, 3.05) is 0 Å². The van der Waals surface area contributed by atoms with E-state index in [9.17, 15) is 4.79 Å². The van der Waals surface area contributed by atoms with E-state index in [0.29, 0.717) is 0 Å². The van der Waals surface area contributed by atoms with Crippen molar-refractivity contribution in [1.82, 2.24) is 0 Å². The Morgan fingerprint density at radius 1 is 1.64 bits per heavy atom. The Balaban J connectivity index is 3.48. The molecule has 11 heavy (non-hydrogen) atoms. The number of aliphatic carboxylic acids is 1. The van der Waals surface area contributed by atoms with Gasteiger partial charge >= 0.3 is 5.97 Å². The minimum absolute atomic E-state index is 0.341. The summed E-state index contributed by atoms with van der Waals surface area (Å²) in [7, 11) is 0. The highest BCUT2D eigenvalue weighted by Crippen LogP contribution is 2.00. The van der Waals surface area contributed by atoms with Crippen LogP contribution >= 0.6 is 0 Å². The van der Waals surface area contributed by atoms with Crippen molar-refractivity contribution >= 4 is 5.97 Å². The molecule has 0 bridgehead atoms. The van der Waals surface area contributed by atoms with Crippen molar-refractivity contribution < 1.29 is 9.90 Å². The van der Waals surface area contributed by atoms with Crippen LogP contribution in [0, 0.1) is 5.92 Å². The SMILES string of the molecule is CCCC/C=C\C(C)C(=O)O. The predicted octanol–water partition coefficient (Wildman–Crippen LogP) is 2.45. The largest absolute Gasteiger partial charge is 0.481 e. The number of unbranched alkanes of at least 4 members (excludes halogenated alkanes) is 2. The number of hydrogen-bond donors (Lipinski definition) is 1. The molecule has 0 aliphatic carbocycles. The van der Waals surface area contributed by atoms with Gasteiger partial charge in [-0.25, -0.2) is 0 Å². The molecule has 0 aromatic heterocycles. The first-order valence-electron chi connectivity index (χ1n) is 4.08. The third kappa shape index (κ3) is 5.64. The van der Waals surface area contributed by atoms with Gasteiger partial charge in [-0.15, -0.1) is 0 Å². The molecule has 0 radical (unpaired) electrons. The summed E-state index contributed by atoms with van der Waals surface area (Å²) in [4.78, 5) is 10.3. The third-order valence-electron chi connectivity index (χ3n) is 1.54. The Labute approximate surface area is 67.9 Å². The Hall–Kier alpha value is -0.790. The summed E-state index contributed by atoms with van der Waals surface area (Å²) in [5.74, 6) is -1.09. The molecule has 1 unspecified atom stereocenters. The lowest BCUT2D eigenvalue weighted by atomic mass is 10.1. The summed E-state index contributed by atoms with van der Waals surface area (Å²) in [5, 5.41) is 8.49. The molecule has 2 nitrogen and oxygen atoms in total. The second kappa shape index (κ2) is 5.96. The van der Waals surface area contributed by atoms with Gasteiger partial charge < -0.3 is 5.11 Å². The molecular weight excluding hydrogens is 140 g/mol. The van der Waals surface area contributed by atoms with Crippen molar-refractivity contribution in [2.24, 2.45) is 5.92 Å². The van der Waals surface area contributed by atoms with Crippen LogP contribution in [0.1, 0.15) is 33.1 Å². The van der Waals surface area contributed by atoms with Crippen LogP contribution in [0.2, 0.25) is 0 Å². The van der Waals surface area contributed by atoms with Gasteiger partial charge in [0.15, 0.2) is 0 Å². The normalized spacial score (nSPS) is 13.6. The molecule has 0 amide bonds. The molecule has 0 aliphatic heterocycles. The Kier molecular flexibility index (Phi) is 5.53. The summed E-state index contributed by atoms with van der Waals surface area (Å²) in [6.45, 7) is 3.80. The molecule has 1 atom stereocenters. The highest BCUT2D eigenvalue weighted by molar-refractivity contribution is 5.71. The van der Waals surface area contributed by atoms with E-state index in [2.05, 4.69) is 6.92 Å². The Morgan fingerprint density at radius 2 is 2.27 bits per heavy atom. The average Bonchev–Trinajstić information content (AvgIpc) is 1.97. The summed E-state index contributed by atoms with van der Waals surface area (Å²) in [5.41, 5.74) is 0. The first kappa shape index (κ1) is 10.2. The number of carbonyl (C=O) groups is 1. The maximum absolute atomic E-state index is 10.3. The van der Waals surface area contributed by atoms with E-state index in [1.165, 1.54) is 0 Å². The maximum atomic E-state index is 10.3. The third-order valence-corrected chi connectivity index (χ3v) is 1.54. The number of rotatable bonds is 5. The standard InChI is InChI=1S/C9H16O2/c1-3-4-5-6-7-8(2)9(10)11/h6-8H,3-5H2,1-2H3,(H,10,11)/b7-6-. The van der Waals surface area contributed by atoms with Crippen LogP contribution in [0.4, 0.5) is 0 Å². The van der Waals surface area contributed by atoms with Gasteiger partial charge in [0.05, 0.1) is 5.92 Å². The second-order valence-electron chi connectivity index (χ2n) is 2.70. The van der Waals surface area contributed by atoms with Gasteiger partial charge in [-0.05, 0) is 13.3 Å². The fourth-order valence-corrected chi connectivity index (χ4v) is 0.705. The van der Waals surface area contributed by atoms with E-state index in [-0.39, 0.29) is 5.92 Å². The number of allylic oxidation sites excluding steroid dienone is 1. The first-order valence-corrected chi connectivity index (χ1v) is 4.08. The number of carboxylic acid groups (broad SMARTS) is 1. The summed E-state index contributed by atoms with van der Waals surface area (Å²) in [6.07, 6.45) is 6.99. The van der Waals surface area contributed by atoms with Gasteiger partial charge in [0, 0.05) is 0 Å². The smallest absolute Gasteiger partial charge is 0.310 e. The van der Waals surface area contributed by atoms with Gasteiger partial charge in [0.25, 0.3) is 0 Å². The molecule has 0 saturated carbocycles. The van der Waals surface area contributed by atoms with Gasteiger partial charge in [0.2, 0.25) is 0 Å². The maximum Gasteiger partial charge on any atom is 0.310 e. The van der Waals surface area contributed by atoms with Crippen molar-refractivity contribution in [1.29, 1.82) is 0 Å². The quantitative estimate of drug-likeness (QED) is 0.490. The van der Waals surface area contributed by atoms with Crippen LogP contribution in [0.5, 0.6) is 0 Å². The van der Waals surface area contributed by atoms with Gasteiger partial charge in [-0.3, -0.25) is 4.79 Å². The van der Waals surface area contributed by atoms with Crippen molar-refractivity contribution in [3.05, 3.63) is 12.2 Å². The Bertz CT molecular complexity index is 138. The zero-order chi connectivity index (χ0) is 8.69. The zero-order valence-electron chi connectivity index (χ0n) is 7.21. The van der Waals surface area contributed by atoms with E-state index in [0.717, 1.165) is 19.3 Å². The second-order valence-corrected chi connectivity index (χ2v) is 2.70. The molecule has 0 fully saturated rings. The number of hydrogen-bond acceptors (Lipinski definition) is 1. The van der Waals surface area contributed by atoms with Crippen LogP contribution in [-0.4, -0.2) is 11.1 Å². The van der Waals surface area contributed by atoms with E-state index < -0.39 is 5.97 Å². The minimum Gasteiger partial charge on any atom is -0.481 e. The summed E-state index contributed by atoms with van der Waals surface area (Å²) < 4.78 is 0. The van der Waals surface area contributed by atoms with Crippen LogP contribution in [0.15, 0.2) is 12.2 Å². The summed E-state index contributed by atoms with van der Waals surface area (Å²) in [6, 6.07) is 0. The first-order chi connectivity index (χ1) is 5.18.